The number of thioether (sulfide) groups is 1. The van der Waals surface area contributed by atoms with E-state index in [4.69, 9.17) is 14.9 Å². The lowest BCUT2D eigenvalue weighted by atomic mass is 10.2. The summed E-state index contributed by atoms with van der Waals surface area (Å²) in [6.07, 6.45) is 0. The highest BCUT2D eigenvalue weighted by atomic mass is 79.9. The molecule has 3 rings (SSSR count). The van der Waals surface area contributed by atoms with E-state index in [0.717, 1.165) is 32.6 Å². The van der Waals surface area contributed by atoms with E-state index in [1.165, 1.54) is 0 Å². The number of nitrogens with two attached hydrogens (primary N) is 1. The Bertz CT molecular complexity index is 788. The molecule has 0 amide bonds. The van der Waals surface area contributed by atoms with Crippen LogP contribution in [0.25, 0.3) is 11.1 Å². The number of aromatic nitrogens is 1. The highest BCUT2D eigenvalue weighted by Gasteiger charge is 2.08. The lowest BCUT2D eigenvalue weighted by molar-refractivity contribution is 0.412. The SMILES string of the molecule is COc1ccc(CSc2nc3cc(N)ccc3o2)cc1Br. The maximum Gasteiger partial charge on any atom is 0.257 e. The van der Waals surface area contributed by atoms with Crippen molar-refractivity contribution in [2.24, 2.45) is 0 Å². The number of oxazole rings is 1. The van der Waals surface area contributed by atoms with E-state index in [1.807, 2.05) is 36.4 Å². The first kappa shape index (κ1) is 14.3. The minimum Gasteiger partial charge on any atom is -0.496 e. The van der Waals surface area contributed by atoms with Gasteiger partial charge in [-0.3, -0.25) is 0 Å². The molecule has 0 aliphatic carbocycles. The minimum absolute atomic E-state index is 0.641. The lowest BCUT2D eigenvalue weighted by Gasteiger charge is -2.05. The fourth-order valence-electron chi connectivity index (χ4n) is 1.93. The van der Waals surface area contributed by atoms with E-state index >= 15 is 0 Å². The largest absolute Gasteiger partial charge is 0.496 e. The van der Waals surface area contributed by atoms with Crippen molar-refractivity contribution < 1.29 is 9.15 Å². The van der Waals surface area contributed by atoms with Crippen molar-refractivity contribution in [1.82, 2.24) is 4.98 Å². The molecule has 21 heavy (non-hydrogen) atoms. The van der Waals surface area contributed by atoms with Gasteiger partial charge in [0, 0.05) is 11.4 Å². The first-order valence-electron chi connectivity index (χ1n) is 6.27. The number of hydrogen-bond donors (Lipinski definition) is 1. The summed E-state index contributed by atoms with van der Waals surface area (Å²) in [7, 11) is 1.65. The van der Waals surface area contributed by atoms with Gasteiger partial charge in [0.05, 0.1) is 11.6 Å². The van der Waals surface area contributed by atoms with Gasteiger partial charge < -0.3 is 14.9 Å². The Balaban J connectivity index is 1.75. The Hall–Kier alpha value is -1.66. The van der Waals surface area contributed by atoms with Crippen LogP contribution in [0.15, 0.2) is 50.5 Å². The second kappa shape index (κ2) is 5.99. The summed E-state index contributed by atoms with van der Waals surface area (Å²) >= 11 is 5.03. The van der Waals surface area contributed by atoms with Gasteiger partial charge in [0.1, 0.15) is 11.3 Å². The number of nitrogens with zero attached hydrogens (tertiary/aromatic N) is 1. The Morgan fingerprint density at radius 2 is 2.14 bits per heavy atom. The van der Waals surface area contributed by atoms with E-state index in [1.54, 1.807) is 18.9 Å². The summed E-state index contributed by atoms with van der Waals surface area (Å²) in [6, 6.07) is 11.5. The van der Waals surface area contributed by atoms with Crippen molar-refractivity contribution >= 4 is 44.5 Å². The molecule has 2 N–H and O–H groups in total. The van der Waals surface area contributed by atoms with Crippen LogP contribution in [0.4, 0.5) is 5.69 Å². The predicted octanol–water partition coefficient (Wildman–Crippen LogP) is 4.47. The highest BCUT2D eigenvalue weighted by Crippen LogP contribution is 2.30. The minimum atomic E-state index is 0.641. The summed E-state index contributed by atoms with van der Waals surface area (Å²) in [5.74, 6) is 1.59. The maximum absolute atomic E-state index is 5.74. The van der Waals surface area contributed by atoms with E-state index in [0.29, 0.717) is 10.9 Å². The third-order valence-electron chi connectivity index (χ3n) is 2.97. The third kappa shape index (κ3) is 3.16. The van der Waals surface area contributed by atoms with Crippen molar-refractivity contribution in [3.05, 3.63) is 46.4 Å². The summed E-state index contributed by atoms with van der Waals surface area (Å²) in [5, 5.41) is 0.641. The quantitative estimate of drug-likeness (QED) is 0.546. The molecule has 1 aromatic heterocycles. The fraction of sp³-hybridized carbons (Fsp3) is 0.133. The van der Waals surface area contributed by atoms with Crippen LogP contribution in [-0.4, -0.2) is 12.1 Å². The maximum atomic E-state index is 5.74. The number of benzene rings is 2. The van der Waals surface area contributed by atoms with Crippen molar-refractivity contribution in [2.45, 2.75) is 11.0 Å². The van der Waals surface area contributed by atoms with E-state index in [9.17, 15) is 0 Å². The number of halogens is 1. The third-order valence-corrected chi connectivity index (χ3v) is 4.49. The van der Waals surface area contributed by atoms with Crippen LogP contribution in [0.1, 0.15) is 5.56 Å². The molecule has 0 fully saturated rings. The normalized spacial score (nSPS) is 11.0. The molecule has 0 saturated heterocycles. The van der Waals surface area contributed by atoms with Crippen LogP contribution < -0.4 is 10.5 Å². The van der Waals surface area contributed by atoms with E-state index in [2.05, 4.69) is 20.9 Å². The molecule has 0 atom stereocenters. The molecule has 0 radical (unpaired) electrons. The Morgan fingerprint density at radius 1 is 1.29 bits per heavy atom. The summed E-state index contributed by atoms with van der Waals surface area (Å²) < 4.78 is 11.8. The molecule has 0 aliphatic rings. The first-order chi connectivity index (χ1) is 10.2. The van der Waals surface area contributed by atoms with Crippen LogP contribution in [0, 0.1) is 0 Å². The van der Waals surface area contributed by atoms with Crippen LogP contribution in [0.5, 0.6) is 5.75 Å². The average molecular weight is 365 g/mol. The van der Waals surface area contributed by atoms with Crippen molar-refractivity contribution in [3.8, 4) is 5.75 Å². The van der Waals surface area contributed by atoms with Gasteiger partial charge in [-0.25, -0.2) is 4.98 Å². The molecule has 0 bridgehead atoms. The Labute approximate surface area is 134 Å². The molecular weight excluding hydrogens is 352 g/mol. The van der Waals surface area contributed by atoms with Gasteiger partial charge in [-0.05, 0) is 51.8 Å². The molecule has 6 heteroatoms. The second-order valence-corrected chi connectivity index (χ2v) is 6.25. The molecular formula is C15H13BrN2O2S. The smallest absolute Gasteiger partial charge is 0.257 e. The number of rotatable bonds is 4. The van der Waals surface area contributed by atoms with Crippen LogP contribution >= 0.6 is 27.7 Å². The molecule has 108 valence electrons. The number of hydrogen-bond acceptors (Lipinski definition) is 5. The first-order valence-corrected chi connectivity index (χ1v) is 8.05. The van der Waals surface area contributed by atoms with Gasteiger partial charge in [0.2, 0.25) is 0 Å². The van der Waals surface area contributed by atoms with Crippen molar-refractivity contribution in [2.75, 3.05) is 12.8 Å². The molecule has 4 nitrogen and oxygen atoms in total. The van der Waals surface area contributed by atoms with Gasteiger partial charge in [0.15, 0.2) is 5.58 Å². The van der Waals surface area contributed by atoms with Crippen LogP contribution in [0.3, 0.4) is 0 Å². The zero-order chi connectivity index (χ0) is 14.8. The van der Waals surface area contributed by atoms with Gasteiger partial charge in [-0.1, -0.05) is 17.8 Å². The molecule has 1 heterocycles. The van der Waals surface area contributed by atoms with E-state index in [-0.39, 0.29) is 0 Å². The van der Waals surface area contributed by atoms with Gasteiger partial charge >= 0.3 is 0 Å². The molecule has 2 aromatic carbocycles. The van der Waals surface area contributed by atoms with Gasteiger partial charge in [-0.15, -0.1) is 0 Å². The van der Waals surface area contributed by atoms with E-state index < -0.39 is 0 Å². The molecule has 0 aliphatic heterocycles. The number of ether oxygens (including phenoxy) is 1. The predicted molar refractivity (Wildman–Crippen MR) is 88.7 cm³/mol. The van der Waals surface area contributed by atoms with Crippen molar-refractivity contribution in [1.29, 1.82) is 0 Å². The average Bonchev–Trinajstić information content (AvgIpc) is 2.87. The zero-order valence-electron chi connectivity index (χ0n) is 11.3. The lowest BCUT2D eigenvalue weighted by Crippen LogP contribution is -1.86. The molecule has 0 saturated carbocycles. The zero-order valence-corrected chi connectivity index (χ0v) is 13.7. The summed E-state index contributed by atoms with van der Waals surface area (Å²) in [4.78, 5) is 4.42. The topological polar surface area (TPSA) is 61.3 Å². The van der Waals surface area contributed by atoms with Gasteiger partial charge in [0.25, 0.3) is 5.22 Å². The monoisotopic (exact) mass is 364 g/mol. The molecule has 0 unspecified atom stereocenters. The summed E-state index contributed by atoms with van der Waals surface area (Å²) in [6.45, 7) is 0. The molecule has 0 spiro atoms. The number of methoxy groups -OCH3 is 1. The van der Waals surface area contributed by atoms with Crippen LogP contribution in [0.2, 0.25) is 0 Å². The van der Waals surface area contributed by atoms with Crippen LogP contribution in [-0.2, 0) is 5.75 Å². The molecule has 3 aromatic rings. The standard InChI is InChI=1S/C15H13BrN2O2S/c1-19-13-4-2-9(6-11(13)16)8-21-15-18-12-7-10(17)3-5-14(12)20-15/h2-7H,8,17H2,1H3. The number of fused-ring (bicyclic) bond motifs is 1. The van der Waals surface area contributed by atoms with Gasteiger partial charge in [-0.2, -0.15) is 0 Å². The Kier molecular flexibility index (Phi) is 4.07. The number of nitrogen functional groups attached to an aromatic ring is 1. The van der Waals surface area contributed by atoms with Crippen molar-refractivity contribution in [3.63, 3.8) is 0 Å². The Morgan fingerprint density at radius 3 is 2.90 bits per heavy atom. The highest BCUT2D eigenvalue weighted by molar-refractivity contribution is 9.10. The summed E-state index contributed by atoms with van der Waals surface area (Å²) in [5.41, 5.74) is 9.12. The fourth-order valence-corrected chi connectivity index (χ4v) is 3.30. The number of anilines is 1. The second-order valence-electron chi connectivity index (χ2n) is 4.46.